The predicted octanol–water partition coefficient (Wildman–Crippen LogP) is 9.11. The fourth-order valence-electron chi connectivity index (χ4n) is 8.98. The fraction of sp³-hybridized carbons (Fsp3) is 0.312. The Morgan fingerprint density at radius 2 is 1.47 bits per heavy atom. The van der Waals surface area contributed by atoms with Gasteiger partial charge in [-0.25, -0.2) is 0 Å². The van der Waals surface area contributed by atoms with Crippen molar-refractivity contribution >= 4 is 38.5 Å². The van der Waals surface area contributed by atoms with Crippen LogP contribution in [0, 0.1) is 0 Å². The number of thioether (sulfide) groups is 1. The minimum absolute atomic E-state index is 0.296. The second-order valence-electron chi connectivity index (χ2n) is 15.2. The molecule has 0 aliphatic carbocycles. The number of aromatic nitrogens is 1. The summed E-state index contributed by atoms with van der Waals surface area (Å²) in [5, 5.41) is 2.95. The Hall–Kier alpha value is -5.30. The maximum atomic E-state index is 6.35. The molecule has 10 nitrogen and oxygen atoms in total. The van der Waals surface area contributed by atoms with E-state index in [9.17, 15) is 0 Å². The van der Waals surface area contributed by atoms with Gasteiger partial charge < -0.3 is 37.9 Å². The lowest BCUT2D eigenvalue weighted by Crippen LogP contribution is -2.40. The van der Waals surface area contributed by atoms with Crippen molar-refractivity contribution < 1.29 is 42.5 Å². The summed E-state index contributed by atoms with van der Waals surface area (Å²) in [7, 11) is 3.39. The van der Waals surface area contributed by atoms with Gasteiger partial charge in [0.05, 0.1) is 38.4 Å². The third-order valence-corrected chi connectivity index (χ3v) is 13.2. The molecular formula is C48H46BrN2O8S+. The van der Waals surface area contributed by atoms with Gasteiger partial charge in [-0.2, -0.15) is 4.57 Å². The van der Waals surface area contributed by atoms with Crippen LogP contribution in [-0.4, -0.2) is 63.5 Å². The number of hydrogen-bond acceptors (Lipinski definition) is 10. The first-order valence-electron chi connectivity index (χ1n) is 20.4. The summed E-state index contributed by atoms with van der Waals surface area (Å²) in [6, 6.07) is 29.9. The zero-order chi connectivity index (χ0) is 40.6. The summed E-state index contributed by atoms with van der Waals surface area (Å²) in [5.41, 5.74) is 9.03. The second kappa shape index (κ2) is 17.0. The standard InChI is InChI=1S/C27H27NO4S.C21H19BrNO4/c1-29-24-8-7-18-13-23-21-15-26-25(31-17-32-26)14-19(21)9-10-28(23)16-22(18)27(24)30-11-12-33-20-5-3-2-4-6-20;1-24-18-3-2-13-8-17-15-10-20-19(26-12-27-20)9-14(15)4-6-23(17)11-16(13)21(18)25-7-5-22/h2-8,14-15,23H,9-13,16-17H2,1H3;2-3,8-11H,4-7,12H2,1H3/q;+1. The van der Waals surface area contributed by atoms with E-state index in [-0.39, 0.29) is 0 Å². The molecule has 1 unspecified atom stereocenters. The molecule has 1 aromatic heterocycles. The van der Waals surface area contributed by atoms with E-state index in [0.717, 1.165) is 107 Å². The Morgan fingerprint density at radius 1 is 0.750 bits per heavy atom. The van der Waals surface area contributed by atoms with Gasteiger partial charge in [-0.3, -0.25) is 4.90 Å². The minimum atomic E-state index is 0.296. The van der Waals surface area contributed by atoms with Crippen molar-refractivity contribution in [2.45, 2.75) is 43.3 Å². The number of halogens is 1. The van der Waals surface area contributed by atoms with Gasteiger partial charge in [0.25, 0.3) is 0 Å². The molecule has 0 radical (unpaired) electrons. The van der Waals surface area contributed by atoms with Crippen molar-refractivity contribution in [1.82, 2.24) is 4.90 Å². The number of ether oxygens (including phenoxy) is 8. The first kappa shape index (κ1) is 38.9. The quantitative estimate of drug-likeness (QED) is 0.0576. The van der Waals surface area contributed by atoms with Crippen LogP contribution in [-0.2, 0) is 32.4 Å². The van der Waals surface area contributed by atoms with Crippen LogP contribution in [0.3, 0.4) is 0 Å². The van der Waals surface area contributed by atoms with Gasteiger partial charge >= 0.3 is 0 Å². The Bertz CT molecular complexity index is 2570. The lowest BCUT2D eigenvalue weighted by molar-refractivity contribution is -0.686. The predicted molar refractivity (Wildman–Crippen MR) is 234 cm³/mol. The maximum absolute atomic E-state index is 6.35. The summed E-state index contributed by atoms with van der Waals surface area (Å²) in [6.45, 7) is 4.64. The van der Waals surface area contributed by atoms with Crippen LogP contribution in [0.25, 0.3) is 22.0 Å². The Balaban J connectivity index is 0.000000147. The molecule has 1 atom stereocenters. The van der Waals surface area contributed by atoms with Crippen LogP contribution in [0.1, 0.15) is 33.9 Å². The molecule has 0 fully saturated rings. The molecular weight excluding hydrogens is 845 g/mol. The number of hydrogen-bond donors (Lipinski definition) is 0. The monoisotopic (exact) mass is 889 g/mol. The van der Waals surface area contributed by atoms with E-state index >= 15 is 0 Å². The molecule has 0 spiro atoms. The summed E-state index contributed by atoms with van der Waals surface area (Å²) in [5.74, 6) is 7.57. The van der Waals surface area contributed by atoms with Gasteiger partial charge in [0.2, 0.25) is 19.3 Å². The van der Waals surface area contributed by atoms with Crippen LogP contribution in [0.4, 0.5) is 0 Å². The molecule has 5 aromatic carbocycles. The Morgan fingerprint density at radius 3 is 2.25 bits per heavy atom. The molecule has 0 N–H and O–H groups in total. The molecule has 12 heteroatoms. The number of rotatable bonds is 10. The van der Waals surface area contributed by atoms with E-state index in [1.165, 1.54) is 44.0 Å². The fourth-order valence-corrected chi connectivity index (χ4v) is 9.89. The first-order chi connectivity index (χ1) is 29.6. The molecule has 5 aliphatic heterocycles. The smallest absolute Gasteiger partial charge is 0.231 e. The van der Waals surface area contributed by atoms with E-state index in [0.29, 0.717) is 32.8 Å². The van der Waals surface area contributed by atoms with Crippen LogP contribution in [0.2, 0.25) is 0 Å². The lowest BCUT2D eigenvalue weighted by Gasteiger charge is -2.42. The zero-order valence-electron chi connectivity index (χ0n) is 33.7. The highest BCUT2D eigenvalue weighted by atomic mass is 79.9. The topological polar surface area (TPSA) is 81.0 Å². The molecule has 0 amide bonds. The number of aryl methyl sites for hydroxylation is 2. The first-order valence-corrected chi connectivity index (χ1v) is 22.5. The summed E-state index contributed by atoms with van der Waals surface area (Å²) in [4.78, 5) is 3.83. The van der Waals surface area contributed by atoms with Crippen molar-refractivity contribution in [2.75, 3.05) is 58.6 Å². The highest BCUT2D eigenvalue weighted by molar-refractivity contribution is 9.09. The zero-order valence-corrected chi connectivity index (χ0v) is 36.1. The number of fused-ring (bicyclic) bond motifs is 10. The van der Waals surface area contributed by atoms with Crippen LogP contribution in [0.15, 0.2) is 96.0 Å². The number of alkyl halides is 1. The molecule has 5 aliphatic rings. The third kappa shape index (κ3) is 7.43. The number of methoxy groups -OCH3 is 2. The van der Waals surface area contributed by atoms with E-state index in [1.54, 1.807) is 14.2 Å². The van der Waals surface area contributed by atoms with Crippen molar-refractivity contribution in [1.29, 1.82) is 0 Å². The number of pyridine rings is 1. The van der Waals surface area contributed by atoms with Crippen LogP contribution in [0.5, 0.6) is 46.0 Å². The van der Waals surface area contributed by atoms with E-state index < -0.39 is 0 Å². The van der Waals surface area contributed by atoms with Crippen LogP contribution < -0.4 is 42.5 Å². The Labute approximate surface area is 362 Å². The Kier molecular flexibility index (Phi) is 11.0. The molecule has 0 saturated heterocycles. The van der Waals surface area contributed by atoms with Gasteiger partial charge in [0.15, 0.2) is 58.7 Å². The highest BCUT2D eigenvalue weighted by Crippen LogP contribution is 2.47. The average Bonchev–Trinajstić information content (AvgIpc) is 3.96. The van der Waals surface area contributed by atoms with Gasteiger partial charge in [0.1, 0.15) is 0 Å². The van der Waals surface area contributed by atoms with Gasteiger partial charge in [-0.05, 0) is 95.1 Å². The summed E-state index contributed by atoms with van der Waals surface area (Å²) >= 11 is 5.24. The van der Waals surface area contributed by atoms with Crippen molar-refractivity contribution in [3.8, 4) is 57.3 Å². The summed E-state index contributed by atoms with van der Waals surface area (Å²) < 4.78 is 48.2. The SMILES string of the molecule is COc1ccc2c(c1OCCSc1ccccc1)CN1CCc3cc4c(cc3C1C2)OCO4.COc1ccc2cc3[n+](cc2c1OCCBr)CCc1cc2c(cc1-3)OCO2. The van der Waals surface area contributed by atoms with Gasteiger partial charge in [0, 0.05) is 53.2 Å². The van der Waals surface area contributed by atoms with E-state index in [2.05, 4.69) is 104 Å². The largest absolute Gasteiger partial charge is 0.493 e. The van der Waals surface area contributed by atoms with E-state index in [4.69, 9.17) is 37.9 Å². The second-order valence-corrected chi connectivity index (χ2v) is 17.2. The maximum Gasteiger partial charge on any atom is 0.231 e. The number of nitrogens with zero attached hydrogens (tertiary/aromatic N) is 2. The highest BCUT2D eigenvalue weighted by Gasteiger charge is 2.36. The van der Waals surface area contributed by atoms with Crippen molar-refractivity contribution in [3.05, 3.63) is 119 Å². The van der Waals surface area contributed by atoms with Gasteiger partial charge in [-0.1, -0.05) is 40.2 Å². The molecule has 0 saturated carbocycles. The molecule has 6 heterocycles. The molecule has 60 heavy (non-hydrogen) atoms. The third-order valence-electron chi connectivity index (χ3n) is 11.9. The summed E-state index contributed by atoms with van der Waals surface area (Å²) in [6.07, 6.45) is 5.10. The minimum Gasteiger partial charge on any atom is -0.493 e. The average molecular weight is 891 g/mol. The lowest BCUT2D eigenvalue weighted by atomic mass is 9.83. The van der Waals surface area contributed by atoms with Crippen molar-refractivity contribution in [3.63, 3.8) is 0 Å². The number of benzene rings is 5. The molecule has 6 aromatic rings. The normalized spacial score (nSPS) is 16.4. The molecule has 11 rings (SSSR count). The van der Waals surface area contributed by atoms with Crippen molar-refractivity contribution in [2.24, 2.45) is 0 Å². The molecule has 0 bridgehead atoms. The van der Waals surface area contributed by atoms with Crippen LogP contribution >= 0.6 is 27.7 Å². The van der Waals surface area contributed by atoms with E-state index in [1.807, 2.05) is 23.9 Å². The van der Waals surface area contributed by atoms with Gasteiger partial charge in [-0.15, -0.1) is 11.8 Å². The molecule has 308 valence electrons.